The molecule has 1 aromatic carbocycles. The largest absolute Gasteiger partial charge is 0.480 e. The first-order valence-electron chi connectivity index (χ1n) is 11.1. The lowest BCUT2D eigenvalue weighted by Gasteiger charge is -2.25. The SMILES string of the molecule is CC(C)C(N)C(=O)NC(Cc1ccccc1)C(=O)NC(CS)C(=O)NC(Cc1cnc[nH]1)C(=O)O. The van der Waals surface area contributed by atoms with E-state index in [-0.39, 0.29) is 24.5 Å². The van der Waals surface area contributed by atoms with E-state index >= 15 is 0 Å². The van der Waals surface area contributed by atoms with Crippen LogP contribution in [-0.4, -0.2) is 68.7 Å². The number of nitrogens with zero attached hydrogens (tertiary/aromatic N) is 1. The first kappa shape index (κ1) is 27.9. The van der Waals surface area contributed by atoms with Crippen molar-refractivity contribution in [3.63, 3.8) is 0 Å². The third-order valence-electron chi connectivity index (χ3n) is 5.35. The maximum Gasteiger partial charge on any atom is 0.326 e. The quantitative estimate of drug-likeness (QED) is 0.182. The van der Waals surface area contributed by atoms with E-state index in [1.54, 1.807) is 13.8 Å². The van der Waals surface area contributed by atoms with E-state index in [4.69, 9.17) is 5.73 Å². The highest BCUT2D eigenvalue weighted by Crippen LogP contribution is 2.07. The minimum atomic E-state index is -1.24. The molecule has 0 spiro atoms. The molecule has 0 fully saturated rings. The average Bonchev–Trinajstić information content (AvgIpc) is 3.34. The minimum Gasteiger partial charge on any atom is -0.480 e. The molecular weight excluding hydrogens is 472 g/mol. The first-order chi connectivity index (χ1) is 16.6. The van der Waals surface area contributed by atoms with Gasteiger partial charge in [-0.2, -0.15) is 12.6 Å². The molecule has 2 aromatic rings. The molecule has 0 saturated carbocycles. The number of aromatic nitrogens is 2. The number of benzene rings is 1. The summed E-state index contributed by atoms with van der Waals surface area (Å²) < 4.78 is 0. The molecule has 0 aliphatic carbocycles. The van der Waals surface area contributed by atoms with Crippen molar-refractivity contribution in [2.45, 2.75) is 50.9 Å². The highest BCUT2D eigenvalue weighted by atomic mass is 32.1. The van der Waals surface area contributed by atoms with Gasteiger partial charge in [-0.05, 0) is 11.5 Å². The zero-order valence-corrected chi connectivity index (χ0v) is 20.5. The summed E-state index contributed by atoms with van der Waals surface area (Å²) in [6, 6.07) is 4.86. The van der Waals surface area contributed by atoms with Crippen LogP contribution in [0.1, 0.15) is 25.1 Å². The van der Waals surface area contributed by atoms with E-state index in [2.05, 4.69) is 38.5 Å². The van der Waals surface area contributed by atoms with Gasteiger partial charge in [0.1, 0.15) is 18.1 Å². The molecule has 12 heteroatoms. The average molecular weight is 505 g/mol. The molecule has 0 radical (unpaired) electrons. The number of hydrogen-bond acceptors (Lipinski definition) is 7. The van der Waals surface area contributed by atoms with Crippen LogP contribution in [0.3, 0.4) is 0 Å². The summed E-state index contributed by atoms with van der Waals surface area (Å²) in [7, 11) is 0. The monoisotopic (exact) mass is 504 g/mol. The molecule has 0 aliphatic rings. The second kappa shape index (κ2) is 13.5. The van der Waals surface area contributed by atoms with Crippen LogP contribution < -0.4 is 21.7 Å². The molecule has 4 unspecified atom stereocenters. The second-order valence-corrected chi connectivity index (χ2v) is 8.81. The van der Waals surface area contributed by atoms with Crippen LogP contribution in [0.4, 0.5) is 0 Å². The second-order valence-electron chi connectivity index (χ2n) is 8.44. The molecule has 4 atom stereocenters. The van der Waals surface area contributed by atoms with Crippen LogP contribution in [0.5, 0.6) is 0 Å². The smallest absolute Gasteiger partial charge is 0.326 e. The number of carbonyl (C=O) groups is 4. The highest BCUT2D eigenvalue weighted by Gasteiger charge is 2.30. The molecule has 1 aromatic heterocycles. The highest BCUT2D eigenvalue weighted by molar-refractivity contribution is 7.80. The van der Waals surface area contributed by atoms with Gasteiger partial charge in [-0.3, -0.25) is 14.4 Å². The van der Waals surface area contributed by atoms with Gasteiger partial charge in [-0.25, -0.2) is 9.78 Å². The van der Waals surface area contributed by atoms with Crippen molar-refractivity contribution in [3.05, 3.63) is 54.1 Å². The Balaban J connectivity index is 2.12. The van der Waals surface area contributed by atoms with Crippen molar-refractivity contribution < 1.29 is 24.3 Å². The van der Waals surface area contributed by atoms with Crippen molar-refractivity contribution in [2.24, 2.45) is 11.7 Å². The van der Waals surface area contributed by atoms with Crippen molar-refractivity contribution >= 4 is 36.3 Å². The number of imidazole rings is 1. The number of nitrogens with one attached hydrogen (secondary N) is 4. The maximum atomic E-state index is 13.1. The van der Waals surface area contributed by atoms with Crippen molar-refractivity contribution in [2.75, 3.05) is 5.75 Å². The summed E-state index contributed by atoms with van der Waals surface area (Å²) in [5.74, 6) is -3.31. The fraction of sp³-hybridized carbons (Fsp3) is 0.435. The third kappa shape index (κ3) is 8.72. The summed E-state index contributed by atoms with van der Waals surface area (Å²) in [5.41, 5.74) is 7.25. The molecule has 0 saturated heterocycles. The molecular formula is C23H32N6O5S. The number of aliphatic carboxylic acids is 1. The standard InChI is InChI=1S/C23H32N6O5S/c1-13(2)19(24)22(32)27-16(8-14-6-4-3-5-7-14)20(30)29-18(11-35)21(31)28-17(23(33)34)9-15-10-25-12-26-15/h3-7,10,12-13,16-19,35H,8-9,11,24H2,1-2H3,(H,25,26)(H,27,32)(H,28,31)(H,29,30)(H,33,34). The van der Waals surface area contributed by atoms with Crippen LogP contribution >= 0.6 is 12.6 Å². The maximum absolute atomic E-state index is 13.1. The number of carboxylic acids is 1. The van der Waals surface area contributed by atoms with Crippen LogP contribution in [-0.2, 0) is 32.0 Å². The van der Waals surface area contributed by atoms with Crippen molar-refractivity contribution in [1.82, 2.24) is 25.9 Å². The van der Waals surface area contributed by atoms with Crippen LogP contribution in [0.15, 0.2) is 42.9 Å². The molecule has 3 amide bonds. The Bertz CT molecular complexity index is 986. The van der Waals surface area contributed by atoms with Gasteiger partial charge in [-0.15, -0.1) is 0 Å². The molecule has 7 N–H and O–H groups in total. The Morgan fingerprint density at radius 1 is 0.971 bits per heavy atom. The number of aromatic amines is 1. The zero-order valence-electron chi connectivity index (χ0n) is 19.6. The van der Waals surface area contributed by atoms with Gasteiger partial charge in [0.15, 0.2) is 0 Å². The minimum absolute atomic E-state index is 0.0198. The van der Waals surface area contributed by atoms with Crippen LogP contribution in [0.25, 0.3) is 0 Å². The molecule has 35 heavy (non-hydrogen) atoms. The predicted octanol–water partition coefficient (Wildman–Crippen LogP) is -0.353. The normalized spacial score (nSPS) is 14.4. The van der Waals surface area contributed by atoms with Crippen LogP contribution in [0, 0.1) is 5.92 Å². The topological polar surface area (TPSA) is 179 Å². The molecule has 1 heterocycles. The van der Waals surface area contributed by atoms with Gasteiger partial charge in [0, 0.05) is 30.5 Å². The summed E-state index contributed by atoms with van der Waals surface area (Å²) in [5, 5.41) is 17.1. The Morgan fingerprint density at radius 2 is 1.57 bits per heavy atom. The van der Waals surface area contributed by atoms with Crippen molar-refractivity contribution in [3.8, 4) is 0 Å². The lowest BCUT2D eigenvalue weighted by molar-refractivity contribution is -0.142. The van der Waals surface area contributed by atoms with E-state index < -0.39 is 47.9 Å². The summed E-state index contributed by atoms with van der Waals surface area (Å²) in [4.78, 5) is 56.7. The van der Waals surface area contributed by atoms with Gasteiger partial charge < -0.3 is 31.8 Å². The molecule has 0 aliphatic heterocycles. The Morgan fingerprint density at radius 3 is 2.11 bits per heavy atom. The Labute approximate surface area is 209 Å². The van der Waals surface area contributed by atoms with Crippen molar-refractivity contribution in [1.29, 1.82) is 0 Å². The lowest BCUT2D eigenvalue weighted by atomic mass is 10.0. The van der Waals surface area contributed by atoms with E-state index in [1.807, 2.05) is 30.3 Å². The van der Waals surface area contributed by atoms with Gasteiger partial charge >= 0.3 is 5.97 Å². The number of carbonyl (C=O) groups excluding carboxylic acids is 3. The van der Waals surface area contributed by atoms with E-state index in [9.17, 15) is 24.3 Å². The fourth-order valence-corrected chi connectivity index (χ4v) is 3.44. The lowest BCUT2D eigenvalue weighted by Crippen LogP contribution is -2.58. The van der Waals surface area contributed by atoms with E-state index in [0.29, 0.717) is 5.69 Å². The van der Waals surface area contributed by atoms with Gasteiger partial charge in [0.05, 0.1) is 12.4 Å². The summed E-state index contributed by atoms with van der Waals surface area (Å²) >= 11 is 4.14. The Kier molecular flexibility index (Phi) is 10.7. The van der Waals surface area contributed by atoms with E-state index in [0.717, 1.165) is 5.56 Å². The fourth-order valence-electron chi connectivity index (χ4n) is 3.18. The summed E-state index contributed by atoms with van der Waals surface area (Å²) in [6.07, 6.45) is 3.01. The van der Waals surface area contributed by atoms with Gasteiger partial charge in [0.25, 0.3) is 0 Å². The Hall–Kier alpha value is -3.38. The number of thiol groups is 1. The first-order valence-corrected chi connectivity index (χ1v) is 11.8. The summed E-state index contributed by atoms with van der Waals surface area (Å²) in [6.45, 7) is 3.58. The molecule has 0 bridgehead atoms. The van der Waals surface area contributed by atoms with Gasteiger partial charge in [0.2, 0.25) is 17.7 Å². The number of H-pyrrole nitrogens is 1. The predicted molar refractivity (Wildman–Crippen MR) is 133 cm³/mol. The molecule has 11 nitrogen and oxygen atoms in total. The molecule has 2 rings (SSSR count). The third-order valence-corrected chi connectivity index (χ3v) is 5.71. The van der Waals surface area contributed by atoms with Gasteiger partial charge in [-0.1, -0.05) is 44.2 Å². The number of rotatable bonds is 13. The number of carboxylic acid groups (broad SMARTS) is 1. The zero-order chi connectivity index (χ0) is 26.0. The van der Waals surface area contributed by atoms with Crippen LogP contribution in [0.2, 0.25) is 0 Å². The molecule has 190 valence electrons. The number of amides is 3. The number of nitrogens with two attached hydrogens (primary N) is 1. The number of hydrogen-bond donors (Lipinski definition) is 7. The van der Waals surface area contributed by atoms with E-state index in [1.165, 1.54) is 12.5 Å².